The first-order chi connectivity index (χ1) is 9.37. The van der Waals surface area contributed by atoms with Crippen LogP contribution in [0.25, 0.3) is 0 Å². The van der Waals surface area contributed by atoms with Crippen molar-refractivity contribution < 1.29 is 19.1 Å². The molecule has 1 heterocycles. The van der Waals surface area contributed by atoms with Crippen molar-refractivity contribution in [2.45, 2.75) is 64.3 Å². The summed E-state index contributed by atoms with van der Waals surface area (Å²) in [7, 11) is 0. The Morgan fingerprint density at radius 1 is 1.15 bits per heavy atom. The molecule has 1 aliphatic carbocycles. The molecule has 0 N–H and O–H groups in total. The Bertz CT molecular complexity index is 349. The molecular weight excluding hydrogens is 258 g/mol. The number of ether oxygens (including phenoxy) is 2. The van der Waals surface area contributed by atoms with Crippen LogP contribution < -0.4 is 0 Å². The number of carbonyl (C=O) groups excluding carboxylic acids is 2. The van der Waals surface area contributed by atoms with Crippen molar-refractivity contribution >= 4 is 12.4 Å². The third-order valence-corrected chi connectivity index (χ3v) is 3.80. The highest BCUT2D eigenvalue weighted by molar-refractivity contribution is 5.68. The molecule has 1 aliphatic heterocycles. The van der Waals surface area contributed by atoms with Gasteiger partial charge in [0.05, 0.1) is 12.2 Å². The van der Waals surface area contributed by atoms with Crippen molar-refractivity contribution in [3.8, 4) is 0 Å². The van der Waals surface area contributed by atoms with E-state index in [0.717, 1.165) is 32.0 Å². The number of likely N-dealkylation sites (tertiary alicyclic amines) is 1. The zero-order valence-corrected chi connectivity index (χ0v) is 12.6. The quantitative estimate of drug-likeness (QED) is 0.746. The third-order valence-electron chi connectivity index (χ3n) is 3.80. The van der Waals surface area contributed by atoms with Gasteiger partial charge in [0.1, 0.15) is 11.9 Å². The van der Waals surface area contributed by atoms with Crippen molar-refractivity contribution in [2.24, 2.45) is 5.92 Å². The molecule has 5 heteroatoms. The maximum atomic E-state index is 11.9. The number of aldehydes is 1. The van der Waals surface area contributed by atoms with E-state index in [2.05, 4.69) is 0 Å². The first-order valence-electron chi connectivity index (χ1n) is 7.46. The fourth-order valence-corrected chi connectivity index (χ4v) is 2.60. The second-order valence-corrected chi connectivity index (χ2v) is 6.79. The zero-order chi connectivity index (χ0) is 14.8. The minimum Gasteiger partial charge on any atom is -0.444 e. The summed E-state index contributed by atoms with van der Waals surface area (Å²) in [4.78, 5) is 24.2. The minimum absolute atomic E-state index is 0.196. The van der Waals surface area contributed by atoms with E-state index < -0.39 is 5.60 Å². The Morgan fingerprint density at radius 2 is 1.75 bits per heavy atom. The molecule has 0 radical (unpaired) electrons. The molecule has 1 amide bonds. The monoisotopic (exact) mass is 283 g/mol. The average molecular weight is 283 g/mol. The van der Waals surface area contributed by atoms with Gasteiger partial charge in [-0.15, -0.1) is 0 Å². The van der Waals surface area contributed by atoms with Crippen LogP contribution in [0, 0.1) is 5.92 Å². The van der Waals surface area contributed by atoms with E-state index in [4.69, 9.17) is 9.47 Å². The third kappa shape index (κ3) is 4.20. The first-order valence-corrected chi connectivity index (χ1v) is 7.46. The molecule has 0 bridgehead atoms. The molecule has 0 unspecified atom stereocenters. The number of hydrogen-bond donors (Lipinski definition) is 0. The van der Waals surface area contributed by atoms with Gasteiger partial charge in [0, 0.05) is 19.0 Å². The molecule has 1 saturated carbocycles. The van der Waals surface area contributed by atoms with Crippen LogP contribution in [0.5, 0.6) is 0 Å². The summed E-state index contributed by atoms with van der Waals surface area (Å²) < 4.78 is 11.3. The van der Waals surface area contributed by atoms with Gasteiger partial charge in [-0.2, -0.15) is 0 Å². The average Bonchev–Trinajstić information content (AvgIpc) is 2.31. The van der Waals surface area contributed by atoms with E-state index in [1.54, 1.807) is 4.90 Å². The molecule has 5 nitrogen and oxygen atoms in total. The van der Waals surface area contributed by atoms with Crippen LogP contribution in [0.15, 0.2) is 0 Å². The molecule has 2 aliphatic rings. The fraction of sp³-hybridized carbons (Fsp3) is 0.867. The molecule has 0 spiro atoms. The molecule has 0 aromatic carbocycles. The van der Waals surface area contributed by atoms with E-state index in [-0.39, 0.29) is 24.2 Å². The van der Waals surface area contributed by atoms with Gasteiger partial charge < -0.3 is 19.2 Å². The van der Waals surface area contributed by atoms with Crippen molar-refractivity contribution in [3.63, 3.8) is 0 Å². The number of nitrogens with zero attached hydrogens (tertiary/aromatic N) is 1. The largest absolute Gasteiger partial charge is 0.444 e. The maximum absolute atomic E-state index is 11.9. The lowest BCUT2D eigenvalue weighted by Crippen LogP contribution is -2.45. The fourth-order valence-electron chi connectivity index (χ4n) is 2.60. The predicted molar refractivity (Wildman–Crippen MR) is 74.5 cm³/mol. The zero-order valence-electron chi connectivity index (χ0n) is 12.6. The summed E-state index contributed by atoms with van der Waals surface area (Å²) in [5.41, 5.74) is -0.444. The van der Waals surface area contributed by atoms with Crippen molar-refractivity contribution in [3.05, 3.63) is 0 Å². The SMILES string of the molecule is CC(C)(C)OC(=O)N1CCC(O[C@H]2C[C@H](C=O)C2)CC1. The van der Waals surface area contributed by atoms with Gasteiger partial charge in [0.2, 0.25) is 0 Å². The summed E-state index contributed by atoms with van der Waals surface area (Å²) in [5, 5.41) is 0. The van der Waals surface area contributed by atoms with Crippen LogP contribution in [0.4, 0.5) is 4.79 Å². The first kappa shape index (κ1) is 15.3. The molecule has 2 rings (SSSR count). The Labute approximate surface area is 120 Å². The van der Waals surface area contributed by atoms with Crippen LogP contribution in [0.1, 0.15) is 46.5 Å². The molecule has 2 fully saturated rings. The highest BCUT2D eigenvalue weighted by atomic mass is 16.6. The van der Waals surface area contributed by atoms with Crippen molar-refractivity contribution in [2.75, 3.05) is 13.1 Å². The number of rotatable bonds is 3. The Balaban J connectivity index is 1.67. The molecule has 1 saturated heterocycles. The van der Waals surface area contributed by atoms with E-state index >= 15 is 0 Å². The van der Waals surface area contributed by atoms with E-state index in [0.29, 0.717) is 13.1 Å². The summed E-state index contributed by atoms with van der Waals surface area (Å²) >= 11 is 0. The van der Waals surface area contributed by atoms with Gasteiger partial charge in [0.15, 0.2) is 0 Å². The Morgan fingerprint density at radius 3 is 2.25 bits per heavy atom. The number of amides is 1. The summed E-state index contributed by atoms with van der Waals surface area (Å²) in [6.07, 6.45) is 4.65. The highest BCUT2D eigenvalue weighted by Gasteiger charge is 2.33. The Kier molecular flexibility index (Phi) is 4.68. The lowest BCUT2D eigenvalue weighted by atomic mass is 9.83. The van der Waals surface area contributed by atoms with Gasteiger partial charge in [0.25, 0.3) is 0 Å². The molecular formula is C15H25NO4. The minimum atomic E-state index is -0.444. The van der Waals surface area contributed by atoms with E-state index in [9.17, 15) is 9.59 Å². The highest BCUT2D eigenvalue weighted by Crippen LogP contribution is 2.31. The topological polar surface area (TPSA) is 55.8 Å². The summed E-state index contributed by atoms with van der Waals surface area (Å²) in [6, 6.07) is 0. The number of carbonyl (C=O) groups is 2. The molecule has 0 aromatic heterocycles. The second kappa shape index (κ2) is 6.12. The van der Waals surface area contributed by atoms with Gasteiger partial charge >= 0.3 is 6.09 Å². The van der Waals surface area contributed by atoms with Crippen LogP contribution >= 0.6 is 0 Å². The molecule has 0 atom stereocenters. The lowest BCUT2D eigenvalue weighted by Gasteiger charge is -2.38. The Hall–Kier alpha value is -1.10. The standard InChI is InChI=1S/C15H25NO4/c1-15(2,3)20-14(18)16-6-4-12(5-7-16)19-13-8-11(9-13)10-17/h10-13H,4-9H2,1-3H3/t11-,13-. The number of hydrogen-bond acceptors (Lipinski definition) is 4. The summed E-state index contributed by atoms with van der Waals surface area (Å²) in [5.74, 6) is 0.196. The lowest BCUT2D eigenvalue weighted by molar-refractivity contribution is -0.126. The molecule has 114 valence electrons. The predicted octanol–water partition coefficient (Wildman–Crippen LogP) is 2.38. The van der Waals surface area contributed by atoms with Crippen LogP contribution in [-0.4, -0.2) is 48.2 Å². The van der Waals surface area contributed by atoms with Gasteiger partial charge in [-0.1, -0.05) is 0 Å². The van der Waals surface area contributed by atoms with Gasteiger partial charge in [-0.25, -0.2) is 4.79 Å². The van der Waals surface area contributed by atoms with Gasteiger partial charge in [-0.3, -0.25) is 0 Å². The van der Waals surface area contributed by atoms with E-state index in [1.165, 1.54) is 0 Å². The van der Waals surface area contributed by atoms with Crippen LogP contribution in [0.2, 0.25) is 0 Å². The van der Waals surface area contributed by atoms with Crippen molar-refractivity contribution in [1.29, 1.82) is 0 Å². The number of piperidine rings is 1. The van der Waals surface area contributed by atoms with Crippen molar-refractivity contribution in [1.82, 2.24) is 4.90 Å². The van der Waals surface area contributed by atoms with Gasteiger partial charge in [-0.05, 0) is 46.5 Å². The smallest absolute Gasteiger partial charge is 0.410 e. The molecule has 0 aromatic rings. The van der Waals surface area contributed by atoms with Crippen LogP contribution in [0.3, 0.4) is 0 Å². The summed E-state index contributed by atoms with van der Waals surface area (Å²) in [6.45, 7) is 7.00. The van der Waals surface area contributed by atoms with E-state index in [1.807, 2.05) is 20.8 Å². The van der Waals surface area contributed by atoms with Crippen LogP contribution in [-0.2, 0) is 14.3 Å². The maximum Gasteiger partial charge on any atom is 0.410 e. The normalized spacial score (nSPS) is 27.9. The molecule has 20 heavy (non-hydrogen) atoms. The second-order valence-electron chi connectivity index (χ2n) is 6.79.